The Kier molecular flexibility index (Phi) is 4.29. The maximum absolute atomic E-state index is 5.79. The molecule has 0 aliphatic heterocycles. The largest absolute Gasteiger partial charge is 0.491 e. The maximum Gasteiger partial charge on any atom is 0.121 e. The molecule has 1 aromatic carbocycles. The lowest BCUT2D eigenvalue weighted by Crippen LogP contribution is -2.09. The third kappa shape index (κ3) is 3.55. The van der Waals surface area contributed by atoms with Gasteiger partial charge in [0.05, 0.1) is 12.6 Å². The molecule has 3 heteroatoms. The van der Waals surface area contributed by atoms with Crippen molar-refractivity contribution in [2.75, 3.05) is 5.32 Å². The number of aromatic amines is 1. The summed E-state index contributed by atoms with van der Waals surface area (Å²) < 4.78 is 5.79. The molecule has 1 unspecified atom stereocenters. The fraction of sp³-hybridized carbons (Fsp3) is 0.333. The molecule has 0 saturated heterocycles. The summed E-state index contributed by atoms with van der Waals surface area (Å²) in [6, 6.07) is 12.1. The summed E-state index contributed by atoms with van der Waals surface area (Å²) in [5.74, 6) is 0.917. The molecule has 0 radical (unpaired) electrons. The molecule has 3 nitrogen and oxygen atoms in total. The lowest BCUT2D eigenvalue weighted by molar-refractivity contribution is 0.217. The van der Waals surface area contributed by atoms with E-state index in [9.17, 15) is 0 Å². The zero-order chi connectivity index (χ0) is 12.8. The molecule has 1 atom stereocenters. The van der Waals surface area contributed by atoms with Gasteiger partial charge in [-0.05, 0) is 37.6 Å². The lowest BCUT2D eigenvalue weighted by atomic mass is 10.2. The summed E-state index contributed by atoms with van der Waals surface area (Å²) in [4.78, 5) is 3.17. The highest BCUT2D eigenvalue weighted by atomic mass is 16.5. The van der Waals surface area contributed by atoms with Gasteiger partial charge in [0.25, 0.3) is 0 Å². The van der Waals surface area contributed by atoms with Crippen LogP contribution in [-0.4, -0.2) is 11.1 Å². The molecule has 0 aliphatic rings. The average Bonchev–Trinajstić information content (AvgIpc) is 2.90. The monoisotopic (exact) mass is 244 g/mol. The first kappa shape index (κ1) is 12.6. The number of nitrogens with one attached hydrogen (secondary N) is 2. The fourth-order valence-electron chi connectivity index (χ4n) is 1.67. The van der Waals surface area contributed by atoms with Crippen LogP contribution < -0.4 is 10.1 Å². The molecule has 18 heavy (non-hydrogen) atoms. The number of anilines is 1. The molecule has 2 rings (SSSR count). The Balaban J connectivity index is 1.94. The zero-order valence-corrected chi connectivity index (χ0v) is 10.9. The van der Waals surface area contributed by atoms with Crippen LogP contribution in [0.4, 0.5) is 5.69 Å². The van der Waals surface area contributed by atoms with E-state index in [-0.39, 0.29) is 6.10 Å². The van der Waals surface area contributed by atoms with Crippen molar-refractivity contribution in [3.8, 4) is 5.75 Å². The zero-order valence-electron chi connectivity index (χ0n) is 10.9. The van der Waals surface area contributed by atoms with Crippen molar-refractivity contribution in [3.05, 3.63) is 48.3 Å². The molecule has 2 N–H and O–H groups in total. The van der Waals surface area contributed by atoms with E-state index >= 15 is 0 Å². The topological polar surface area (TPSA) is 37.0 Å². The predicted octanol–water partition coefficient (Wildman–Crippen LogP) is 3.80. The van der Waals surface area contributed by atoms with E-state index in [1.165, 1.54) is 5.69 Å². The molecule has 0 saturated carbocycles. The van der Waals surface area contributed by atoms with Gasteiger partial charge in [-0.2, -0.15) is 0 Å². The Labute approximate surface area is 108 Å². The van der Waals surface area contributed by atoms with E-state index in [0.29, 0.717) is 0 Å². The molecule has 0 fully saturated rings. The SMILES string of the molecule is CCC(C)Oc1cccc(NCc2ccc[nH]2)c1. The van der Waals surface area contributed by atoms with Gasteiger partial charge < -0.3 is 15.0 Å². The highest BCUT2D eigenvalue weighted by Crippen LogP contribution is 2.19. The van der Waals surface area contributed by atoms with Crippen molar-refractivity contribution in [2.24, 2.45) is 0 Å². The van der Waals surface area contributed by atoms with E-state index in [1.54, 1.807) is 0 Å². The van der Waals surface area contributed by atoms with Crippen LogP contribution in [0.25, 0.3) is 0 Å². The van der Waals surface area contributed by atoms with Gasteiger partial charge in [0.2, 0.25) is 0 Å². The molecule has 96 valence electrons. The Morgan fingerprint density at radius 3 is 2.89 bits per heavy atom. The minimum Gasteiger partial charge on any atom is -0.491 e. The lowest BCUT2D eigenvalue weighted by Gasteiger charge is -2.13. The summed E-state index contributed by atoms with van der Waals surface area (Å²) in [5.41, 5.74) is 2.24. The van der Waals surface area contributed by atoms with Crippen molar-refractivity contribution in [1.82, 2.24) is 4.98 Å². The Morgan fingerprint density at radius 1 is 1.28 bits per heavy atom. The van der Waals surface area contributed by atoms with Crippen LogP contribution in [0.1, 0.15) is 26.0 Å². The summed E-state index contributed by atoms with van der Waals surface area (Å²) in [6.07, 6.45) is 3.20. The quantitative estimate of drug-likeness (QED) is 0.811. The van der Waals surface area contributed by atoms with E-state index in [4.69, 9.17) is 4.74 Å². The standard InChI is InChI=1S/C15H20N2O/c1-3-12(2)18-15-8-4-6-13(10-15)17-11-14-7-5-9-16-14/h4-10,12,16-17H,3,11H2,1-2H3. The minimum absolute atomic E-state index is 0.253. The summed E-state index contributed by atoms with van der Waals surface area (Å²) >= 11 is 0. The third-order valence-electron chi connectivity index (χ3n) is 2.89. The van der Waals surface area contributed by atoms with Crippen LogP contribution in [0.2, 0.25) is 0 Å². The van der Waals surface area contributed by atoms with Crippen LogP contribution in [-0.2, 0) is 6.54 Å². The Hall–Kier alpha value is -1.90. The van der Waals surface area contributed by atoms with Gasteiger partial charge in [0, 0.05) is 23.6 Å². The molecular weight excluding hydrogens is 224 g/mol. The van der Waals surface area contributed by atoms with Crippen LogP contribution in [0.15, 0.2) is 42.6 Å². The van der Waals surface area contributed by atoms with Gasteiger partial charge in [-0.25, -0.2) is 0 Å². The molecule has 1 aromatic heterocycles. The summed E-state index contributed by atoms with van der Waals surface area (Å²) in [7, 11) is 0. The maximum atomic E-state index is 5.79. The van der Waals surface area contributed by atoms with Crippen molar-refractivity contribution >= 4 is 5.69 Å². The van der Waals surface area contributed by atoms with Gasteiger partial charge in [-0.3, -0.25) is 0 Å². The third-order valence-corrected chi connectivity index (χ3v) is 2.89. The van der Waals surface area contributed by atoms with Gasteiger partial charge >= 0.3 is 0 Å². The molecule has 0 amide bonds. The van der Waals surface area contributed by atoms with Gasteiger partial charge in [0.1, 0.15) is 5.75 Å². The highest BCUT2D eigenvalue weighted by Gasteiger charge is 2.02. The second-order valence-electron chi connectivity index (χ2n) is 4.41. The first-order valence-corrected chi connectivity index (χ1v) is 6.41. The number of rotatable bonds is 6. The molecule has 0 bridgehead atoms. The molecule has 0 spiro atoms. The van der Waals surface area contributed by atoms with Crippen molar-refractivity contribution in [3.63, 3.8) is 0 Å². The second kappa shape index (κ2) is 6.15. The smallest absolute Gasteiger partial charge is 0.121 e. The predicted molar refractivity (Wildman–Crippen MR) is 74.9 cm³/mol. The molecule has 1 heterocycles. The van der Waals surface area contributed by atoms with Crippen LogP contribution >= 0.6 is 0 Å². The van der Waals surface area contributed by atoms with Gasteiger partial charge in [-0.1, -0.05) is 13.0 Å². The van der Waals surface area contributed by atoms with Crippen LogP contribution in [0, 0.1) is 0 Å². The van der Waals surface area contributed by atoms with E-state index in [1.807, 2.05) is 36.5 Å². The number of benzene rings is 1. The van der Waals surface area contributed by atoms with Crippen molar-refractivity contribution in [2.45, 2.75) is 32.9 Å². The van der Waals surface area contributed by atoms with E-state index in [2.05, 4.69) is 30.2 Å². The fourth-order valence-corrected chi connectivity index (χ4v) is 1.67. The van der Waals surface area contributed by atoms with Gasteiger partial charge in [0.15, 0.2) is 0 Å². The van der Waals surface area contributed by atoms with Crippen LogP contribution in [0.3, 0.4) is 0 Å². The van der Waals surface area contributed by atoms with E-state index < -0.39 is 0 Å². The first-order chi connectivity index (χ1) is 8.78. The summed E-state index contributed by atoms with van der Waals surface area (Å²) in [5, 5.41) is 3.37. The Bertz CT molecular complexity index is 465. The first-order valence-electron chi connectivity index (χ1n) is 6.41. The number of hydrogen-bond acceptors (Lipinski definition) is 2. The summed E-state index contributed by atoms with van der Waals surface area (Å²) in [6.45, 7) is 5.00. The van der Waals surface area contributed by atoms with Crippen LogP contribution in [0.5, 0.6) is 5.75 Å². The minimum atomic E-state index is 0.253. The van der Waals surface area contributed by atoms with Gasteiger partial charge in [-0.15, -0.1) is 0 Å². The normalized spacial score (nSPS) is 12.1. The highest BCUT2D eigenvalue weighted by molar-refractivity contribution is 5.48. The second-order valence-corrected chi connectivity index (χ2v) is 4.41. The number of H-pyrrole nitrogens is 1. The molecule has 0 aliphatic carbocycles. The van der Waals surface area contributed by atoms with Crippen molar-refractivity contribution < 1.29 is 4.74 Å². The number of aromatic nitrogens is 1. The van der Waals surface area contributed by atoms with Crippen molar-refractivity contribution in [1.29, 1.82) is 0 Å². The molecular formula is C15H20N2O. The number of ether oxygens (including phenoxy) is 1. The number of hydrogen-bond donors (Lipinski definition) is 2. The Morgan fingerprint density at radius 2 is 2.17 bits per heavy atom. The van der Waals surface area contributed by atoms with E-state index in [0.717, 1.165) is 24.4 Å². The average molecular weight is 244 g/mol. The molecule has 2 aromatic rings.